The Kier molecular flexibility index (Phi) is 6.42. The second-order valence-corrected chi connectivity index (χ2v) is 4.70. The van der Waals surface area contributed by atoms with Crippen LogP contribution in [0, 0.1) is 17.3 Å². The number of rotatable bonds is 6. The summed E-state index contributed by atoms with van der Waals surface area (Å²) in [7, 11) is 0. The topological polar surface area (TPSA) is 43.4 Å². The van der Waals surface area contributed by atoms with Crippen LogP contribution in [0.3, 0.4) is 0 Å². The Morgan fingerprint density at radius 2 is 2.00 bits per heavy atom. The van der Waals surface area contributed by atoms with Crippen molar-refractivity contribution in [2.45, 2.75) is 26.7 Å². The van der Waals surface area contributed by atoms with Gasteiger partial charge in [0.2, 0.25) is 0 Å². The molecule has 0 heterocycles. The van der Waals surface area contributed by atoms with Gasteiger partial charge in [-0.15, -0.1) is 6.58 Å². The summed E-state index contributed by atoms with van der Waals surface area (Å²) in [4.78, 5) is 24.2. The predicted molar refractivity (Wildman–Crippen MR) is 82.5 cm³/mol. The minimum absolute atomic E-state index is 0.127. The molecule has 0 aliphatic heterocycles. The molecule has 0 saturated carbocycles. The van der Waals surface area contributed by atoms with E-state index in [1.165, 1.54) is 6.92 Å². The van der Waals surface area contributed by atoms with Crippen molar-refractivity contribution in [3.8, 4) is 11.8 Å². The quantitative estimate of drug-likeness (QED) is 0.349. The zero-order valence-corrected chi connectivity index (χ0v) is 12.5. The summed E-state index contributed by atoms with van der Waals surface area (Å²) in [5, 5.41) is 0. The van der Waals surface area contributed by atoms with E-state index in [1.54, 1.807) is 13.0 Å². The van der Waals surface area contributed by atoms with E-state index in [9.17, 15) is 9.59 Å². The Hall–Kier alpha value is -2.34. The molecule has 0 bridgehead atoms. The number of hydrogen-bond donors (Lipinski definition) is 0. The van der Waals surface area contributed by atoms with Crippen molar-refractivity contribution in [2.24, 2.45) is 5.41 Å². The summed E-state index contributed by atoms with van der Waals surface area (Å²) in [6.07, 6.45) is 1.91. The Morgan fingerprint density at radius 3 is 2.52 bits per heavy atom. The first-order valence-corrected chi connectivity index (χ1v) is 6.90. The highest BCUT2D eigenvalue weighted by Crippen LogP contribution is 2.30. The van der Waals surface area contributed by atoms with Gasteiger partial charge in [0, 0.05) is 12.0 Å². The molecule has 110 valence electrons. The highest BCUT2D eigenvalue weighted by molar-refractivity contribution is 6.03. The van der Waals surface area contributed by atoms with Gasteiger partial charge in [-0.25, -0.2) is 0 Å². The average molecular weight is 284 g/mol. The van der Waals surface area contributed by atoms with Crippen molar-refractivity contribution < 1.29 is 14.3 Å². The molecule has 3 heteroatoms. The Bertz CT molecular complexity index is 563. The Morgan fingerprint density at radius 1 is 1.33 bits per heavy atom. The smallest absolute Gasteiger partial charge is 0.320 e. The molecule has 0 amide bonds. The van der Waals surface area contributed by atoms with Crippen LogP contribution in [0.15, 0.2) is 43.0 Å². The maximum atomic E-state index is 12.2. The largest absolute Gasteiger partial charge is 0.465 e. The molecule has 1 aromatic carbocycles. The van der Waals surface area contributed by atoms with Gasteiger partial charge in [-0.1, -0.05) is 36.1 Å². The zero-order valence-electron chi connectivity index (χ0n) is 12.5. The monoisotopic (exact) mass is 284 g/mol. The molecular formula is C18H20O3. The number of ether oxygens (including phenoxy) is 1. The fraction of sp³-hybridized carbons (Fsp3) is 0.333. The normalized spacial score (nSPS) is 12.5. The number of esters is 1. The molecule has 1 aromatic rings. The molecule has 3 nitrogen and oxygen atoms in total. The van der Waals surface area contributed by atoms with Crippen molar-refractivity contribution in [1.82, 2.24) is 0 Å². The molecule has 0 fully saturated rings. The van der Waals surface area contributed by atoms with E-state index < -0.39 is 11.4 Å². The number of ketones is 1. The van der Waals surface area contributed by atoms with Crippen LogP contribution in [0.4, 0.5) is 0 Å². The van der Waals surface area contributed by atoms with Crippen LogP contribution in [0.1, 0.15) is 32.3 Å². The van der Waals surface area contributed by atoms with Gasteiger partial charge in [-0.05, 0) is 32.4 Å². The summed E-state index contributed by atoms with van der Waals surface area (Å²) in [5.41, 5.74) is -0.406. The highest BCUT2D eigenvalue weighted by Gasteiger charge is 2.43. The summed E-state index contributed by atoms with van der Waals surface area (Å²) in [5.74, 6) is 5.12. The number of benzene rings is 1. The molecule has 0 aromatic heterocycles. The van der Waals surface area contributed by atoms with E-state index in [1.807, 2.05) is 30.3 Å². The van der Waals surface area contributed by atoms with Crippen molar-refractivity contribution >= 4 is 11.8 Å². The second kappa shape index (κ2) is 8.06. The molecule has 1 unspecified atom stereocenters. The Balaban J connectivity index is 3.02. The van der Waals surface area contributed by atoms with E-state index in [0.717, 1.165) is 5.56 Å². The number of carbonyl (C=O) groups excluding carboxylic acids is 2. The van der Waals surface area contributed by atoms with Crippen LogP contribution in [0.2, 0.25) is 0 Å². The third kappa shape index (κ3) is 4.32. The van der Waals surface area contributed by atoms with Gasteiger partial charge >= 0.3 is 5.97 Å². The van der Waals surface area contributed by atoms with Crippen LogP contribution < -0.4 is 0 Å². The van der Waals surface area contributed by atoms with Gasteiger partial charge in [0.15, 0.2) is 0 Å². The zero-order chi connectivity index (χ0) is 15.7. The van der Waals surface area contributed by atoms with Crippen molar-refractivity contribution in [1.29, 1.82) is 0 Å². The van der Waals surface area contributed by atoms with Crippen LogP contribution in [0.25, 0.3) is 0 Å². The maximum Gasteiger partial charge on any atom is 0.320 e. The van der Waals surface area contributed by atoms with Gasteiger partial charge in [0.1, 0.15) is 11.2 Å². The second-order valence-electron chi connectivity index (χ2n) is 4.70. The molecule has 0 aliphatic carbocycles. The van der Waals surface area contributed by atoms with Crippen LogP contribution in [0.5, 0.6) is 0 Å². The SMILES string of the molecule is C=CCC(CC#Cc1ccccc1)(C(C)=O)C(=O)OCC. The van der Waals surface area contributed by atoms with E-state index in [0.29, 0.717) is 0 Å². The van der Waals surface area contributed by atoms with Gasteiger partial charge in [0.25, 0.3) is 0 Å². The highest BCUT2D eigenvalue weighted by atomic mass is 16.5. The lowest BCUT2D eigenvalue weighted by Gasteiger charge is -2.25. The van der Waals surface area contributed by atoms with E-state index >= 15 is 0 Å². The first kappa shape index (κ1) is 16.7. The average Bonchev–Trinajstić information content (AvgIpc) is 2.47. The number of allylic oxidation sites excluding steroid dienone is 1. The first-order chi connectivity index (χ1) is 10.1. The molecule has 1 atom stereocenters. The van der Waals surface area contributed by atoms with Gasteiger partial charge in [-0.2, -0.15) is 0 Å². The number of Topliss-reactive ketones (excluding diaryl/α,β-unsaturated/α-hetero) is 1. The summed E-state index contributed by atoms with van der Waals surface area (Å²) < 4.78 is 5.05. The molecule has 0 spiro atoms. The third-order valence-electron chi connectivity index (χ3n) is 3.23. The molecular weight excluding hydrogens is 264 g/mol. The molecule has 0 aliphatic rings. The fourth-order valence-corrected chi connectivity index (χ4v) is 1.97. The van der Waals surface area contributed by atoms with Crippen LogP contribution in [-0.2, 0) is 14.3 Å². The minimum atomic E-state index is -1.25. The standard InChI is InChI=1S/C18H20O3/c1-4-13-18(15(3)19,17(20)21-5-2)14-9-12-16-10-7-6-8-11-16/h4,6-8,10-11H,1,5,13-14H2,2-3H3. The van der Waals surface area contributed by atoms with E-state index in [4.69, 9.17) is 4.74 Å². The first-order valence-electron chi connectivity index (χ1n) is 6.90. The molecule has 0 saturated heterocycles. The Labute approximate surface area is 126 Å². The summed E-state index contributed by atoms with van der Waals surface area (Å²) in [6, 6.07) is 9.43. The van der Waals surface area contributed by atoms with E-state index in [-0.39, 0.29) is 25.2 Å². The lowest BCUT2D eigenvalue weighted by molar-refractivity contribution is -0.159. The summed E-state index contributed by atoms with van der Waals surface area (Å²) >= 11 is 0. The number of hydrogen-bond acceptors (Lipinski definition) is 3. The van der Waals surface area contributed by atoms with Gasteiger partial charge < -0.3 is 4.74 Å². The van der Waals surface area contributed by atoms with Crippen molar-refractivity contribution in [2.75, 3.05) is 6.61 Å². The van der Waals surface area contributed by atoms with Crippen LogP contribution in [-0.4, -0.2) is 18.4 Å². The van der Waals surface area contributed by atoms with Crippen molar-refractivity contribution in [3.05, 3.63) is 48.6 Å². The number of carbonyl (C=O) groups is 2. The third-order valence-corrected chi connectivity index (χ3v) is 3.23. The van der Waals surface area contributed by atoms with E-state index in [2.05, 4.69) is 18.4 Å². The minimum Gasteiger partial charge on any atom is -0.465 e. The van der Waals surface area contributed by atoms with Crippen LogP contribution >= 0.6 is 0 Å². The molecule has 21 heavy (non-hydrogen) atoms. The predicted octanol–water partition coefficient (Wildman–Crippen LogP) is 3.14. The maximum absolute atomic E-state index is 12.2. The van der Waals surface area contributed by atoms with Gasteiger partial charge in [-0.3, -0.25) is 9.59 Å². The summed E-state index contributed by atoms with van der Waals surface area (Å²) in [6.45, 7) is 6.97. The lowest BCUT2D eigenvalue weighted by Crippen LogP contribution is -2.39. The van der Waals surface area contributed by atoms with Crippen molar-refractivity contribution in [3.63, 3.8) is 0 Å². The fourth-order valence-electron chi connectivity index (χ4n) is 1.97. The molecule has 1 rings (SSSR count). The molecule has 0 N–H and O–H groups in total. The lowest BCUT2D eigenvalue weighted by atomic mass is 9.77. The van der Waals surface area contributed by atoms with Gasteiger partial charge in [0.05, 0.1) is 6.61 Å². The molecule has 0 radical (unpaired) electrons.